The first-order valence-electron chi connectivity index (χ1n) is 5.23. The van der Waals surface area contributed by atoms with E-state index in [0.717, 1.165) is 5.56 Å². The first-order chi connectivity index (χ1) is 7.99. The van der Waals surface area contributed by atoms with Crippen molar-refractivity contribution in [3.63, 3.8) is 0 Å². The number of carbonyl (C=O) groups excluding carboxylic acids is 1. The summed E-state index contributed by atoms with van der Waals surface area (Å²) in [6.45, 7) is 4.25. The van der Waals surface area contributed by atoms with Crippen LogP contribution in [0.2, 0.25) is 0 Å². The van der Waals surface area contributed by atoms with Crippen molar-refractivity contribution in [1.29, 1.82) is 0 Å². The third-order valence-electron chi connectivity index (χ3n) is 2.10. The Morgan fingerprint density at radius 1 is 1.35 bits per heavy atom. The van der Waals surface area contributed by atoms with Crippen LogP contribution in [0.3, 0.4) is 0 Å². The summed E-state index contributed by atoms with van der Waals surface area (Å²) in [4.78, 5) is 20.8. The second-order valence-electron chi connectivity index (χ2n) is 3.72. The molecule has 0 aromatic heterocycles. The van der Waals surface area contributed by atoms with Gasteiger partial charge in [-0.2, -0.15) is 0 Å². The molecule has 2 N–H and O–H groups in total. The predicted molar refractivity (Wildman–Crippen MR) is 65.0 cm³/mol. The molecule has 6 nitrogen and oxygen atoms in total. The molecule has 0 saturated heterocycles. The van der Waals surface area contributed by atoms with Gasteiger partial charge in [-0.15, -0.1) is 0 Å². The molecule has 1 aromatic rings. The summed E-state index contributed by atoms with van der Waals surface area (Å²) in [6, 6.07) is 4.81. The van der Waals surface area contributed by atoms with E-state index in [0.29, 0.717) is 18.8 Å². The molecule has 0 radical (unpaired) electrons. The summed E-state index contributed by atoms with van der Waals surface area (Å²) in [5, 5.41) is 16.3. The van der Waals surface area contributed by atoms with Gasteiger partial charge in [-0.3, -0.25) is 14.9 Å². The molecule has 0 heterocycles. The molecule has 0 aliphatic carbocycles. The Morgan fingerprint density at radius 3 is 2.65 bits per heavy atom. The highest BCUT2D eigenvalue weighted by atomic mass is 16.6. The van der Waals surface area contributed by atoms with Crippen molar-refractivity contribution in [3.8, 4) is 0 Å². The fraction of sp³-hybridized carbons (Fsp3) is 0.364. The molecular weight excluding hydrogens is 222 g/mol. The maximum absolute atomic E-state index is 10.6. The van der Waals surface area contributed by atoms with Crippen LogP contribution in [-0.2, 0) is 4.79 Å². The molecule has 0 bridgehead atoms. The van der Waals surface area contributed by atoms with Crippen LogP contribution in [0.25, 0.3) is 0 Å². The zero-order valence-corrected chi connectivity index (χ0v) is 9.82. The summed E-state index contributed by atoms with van der Waals surface area (Å²) >= 11 is 0. The van der Waals surface area contributed by atoms with Gasteiger partial charge in [-0.05, 0) is 18.6 Å². The molecule has 1 rings (SSSR count). The van der Waals surface area contributed by atoms with Crippen LogP contribution >= 0.6 is 0 Å². The van der Waals surface area contributed by atoms with Crippen LogP contribution in [0.15, 0.2) is 18.2 Å². The number of amides is 1. The minimum atomic E-state index is -0.425. The number of anilines is 1. The van der Waals surface area contributed by atoms with Gasteiger partial charge in [0.2, 0.25) is 5.91 Å². The van der Waals surface area contributed by atoms with Crippen molar-refractivity contribution in [2.75, 3.05) is 18.4 Å². The smallest absolute Gasteiger partial charge is 0.271 e. The molecule has 6 heteroatoms. The van der Waals surface area contributed by atoms with Gasteiger partial charge in [-0.1, -0.05) is 0 Å². The highest BCUT2D eigenvalue weighted by molar-refractivity contribution is 5.72. The quantitative estimate of drug-likeness (QED) is 0.461. The fourth-order valence-electron chi connectivity index (χ4n) is 1.42. The van der Waals surface area contributed by atoms with Crippen molar-refractivity contribution in [1.82, 2.24) is 5.32 Å². The molecule has 0 fully saturated rings. The van der Waals surface area contributed by atoms with E-state index in [9.17, 15) is 14.9 Å². The van der Waals surface area contributed by atoms with Gasteiger partial charge in [0.15, 0.2) is 0 Å². The third-order valence-corrected chi connectivity index (χ3v) is 2.10. The van der Waals surface area contributed by atoms with Crippen molar-refractivity contribution >= 4 is 17.3 Å². The number of aryl methyl sites for hydroxylation is 1. The Hall–Kier alpha value is -2.11. The lowest BCUT2D eigenvalue weighted by Gasteiger charge is -2.07. The minimum Gasteiger partial charge on any atom is -0.383 e. The molecule has 0 aliphatic rings. The highest BCUT2D eigenvalue weighted by Crippen LogP contribution is 2.19. The van der Waals surface area contributed by atoms with Gasteiger partial charge in [-0.25, -0.2) is 0 Å². The number of carbonyl (C=O) groups is 1. The number of benzene rings is 1. The Balaban J connectivity index is 2.59. The van der Waals surface area contributed by atoms with Crippen molar-refractivity contribution in [2.45, 2.75) is 13.8 Å². The lowest BCUT2D eigenvalue weighted by atomic mass is 10.2. The Kier molecular flexibility index (Phi) is 4.45. The number of nitro groups is 1. The molecule has 1 amide bonds. The van der Waals surface area contributed by atoms with Crippen molar-refractivity contribution < 1.29 is 9.72 Å². The van der Waals surface area contributed by atoms with E-state index >= 15 is 0 Å². The van der Waals surface area contributed by atoms with Crippen LogP contribution in [0.5, 0.6) is 0 Å². The molecule has 0 saturated carbocycles. The van der Waals surface area contributed by atoms with Crippen LogP contribution in [-0.4, -0.2) is 23.9 Å². The van der Waals surface area contributed by atoms with E-state index in [2.05, 4.69) is 10.6 Å². The molecule has 92 valence electrons. The number of rotatable bonds is 5. The van der Waals surface area contributed by atoms with E-state index in [1.807, 2.05) is 6.07 Å². The van der Waals surface area contributed by atoms with Crippen molar-refractivity contribution in [3.05, 3.63) is 33.9 Å². The second-order valence-corrected chi connectivity index (χ2v) is 3.72. The molecule has 0 aliphatic heterocycles. The SMILES string of the molecule is CC(=O)NCCNc1cc(C)cc([N+](=O)[O-])c1. The maximum Gasteiger partial charge on any atom is 0.271 e. The zero-order chi connectivity index (χ0) is 12.8. The van der Waals surface area contributed by atoms with Gasteiger partial charge >= 0.3 is 0 Å². The van der Waals surface area contributed by atoms with Gasteiger partial charge in [0.05, 0.1) is 4.92 Å². The summed E-state index contributed by atoms with van der Waals surface area (Å²) in [7, 11) is 0. The Bertz CT molecular complexity index is 432. The van der Waals surface area contributed by atoms with E-state index < -0.39 is 4.92 Å². The third kappa shape index (κ3) is 4.50. The van der Waals surface area contributed by atoms with Crippen LogP contribution < -0.4 is 10.6 Å². The number of non-ortho nitro benzene ring substituents is 1. The molecule has 0 unspecified atom stereocenters. The summed E-state index contributed by atoms with van der Waals surface area (Å²) in [6.07, 6.45) is 0. The Labute approximate surface area is 99.2 Å². The average molecular weight is 237 g/mol. The first kappa shape index (κ1) is 13.0. The summed E-state index contributed by atoms with van der Waals surface area (Å²) < 4.78 is 0. The van der Waals surface area contributed by atoms with Gasteiger partial charge in [0.25, 0.3) is 5.69 Å². The van der Waals surface area contributed by atoms with Crippen LogP contribution in [0, 0.1) is 17.0 Å². The topological polar surface area (TPSA) is 84.3 Å². The van der Waals surface area contributed by atoms with E-state index in [4.69, 9.17) is 0 Å². The number of hydrogen-bond acceptors (Lipinski definition) is 4. The van der Waals surface area contributed by atoms with Crippen molar-refractivity contribution in [2.24, 2.45) is 0 Å². The lowest BCUT2D eigenvalue weighted by molar-refractivity contribution is -0.384. The maximum atomic E-state index is 10.6. The van der Waals surface area contributed by atoms with Gasteiger partial charge < -0.3 is 10.6 Å². The fourth-order valence-corrected chi connectivity index (χ4v) is 1.42. The molecule has 0 spiro atoms. The number of nitro benzene ring substituents is 1. The Morgan fingerprint density at radius 2 is 2.06 bits per heavy atom. The normalized spacial score (nSPS) is 9.76. The number of nitrogens with one attached hydrogen (secondary N) is 2. The molecular formula is C11H15N3O3. The molecule has 17 heavy (non-hydrogen) atoms. The second kappa shape index (κ2) is 5.83. The van der Waals surface area contributed by atoms with Gasteiger partial charge in [0.1, 0.15) is 0 Å². The van der Waals surface area contributed by atoms with E-state index in [1.54, 1.807) is 6.92 Å². The van der Waals surface area contributed by atoms with Crippen LogP contribution in [0.4, 0.5) is 11.4 Å². The van der Waals surface area contributed by atoms with Crippen LogP contribution in [0.1, 0.15) is 12.5 Å². The first-order valence-corrected chi connectivity index (χ1v) is 5.23. The average Bonchev–Trinajstić information content (AvgIpc) is 2.23. The number of hydrogen-bond donors (Lipinski definition) is 2. The molecule has 0 atom stereocenters. The van der Waals surface area contributed by atoms with E-state index in [1.165, 1.54) is 19.1 Å². The summed E-state index contributed by atoms with van der Waals surface area (Å²) in [5.74, 6) is -0.0953. The molecule has 1 aromatic carbocycles. The van der Waals surface area contributed by atoms with E-state index in [-0.39, 0.29) is 11.6 Å². The number of nitrogens with zero attached hydrogens (tertiary/aromatic N) is 1. The lowest BCUT2D eigenvalue weighted by Crippen LogP contribution is -2.26. The summed E-state index contributed by atoms with van der Waals surface area (Å²) in [5.41, 5.74) is 1.57. The zero-order valence-electron chi connectivity index (χ0n) is 9.82. The highest BCUT2D eigenvalue weighted by Gasteiger charge is 2.07. The van der Waals surface area contributed by atoms with Gasteiger partial charge in [0, 0.05) is 37.8 Å². The minimum absolute atomic E-state index is 0.0621. The standard InChI is InChI=1S/C11H15N3O3/c1-8-5-10(7-11(6-8)14(16)17)13-4-3-12-9(2)15/h5-7,13H,3-4H2,1-2H3,(H,12,15). The monoisotopic (exact) mass is 237 g/mol. The predicted octanol–water partition coefficient (Wildman–Crippen LogP) is 1.45. The largest absolute Gasteiger partial charge is 0.383 e.